The Kier molecular flexibility index (Phi) is 76.7. The van der Waals surface area contributed by atoms with Crippen LogP contribution < -0.4 is 0 Å². The van der Waals surface area contributed by atoms with Crippen LogP contribution in [0.4, 0.5) is 0 Å². The molecule has 0 aliphatic heterocycles. The van der Waals surface area contributed by atoms with Gasteiger partial charge in [-0.2, -0.15) is 0 Å². The first-order chi connectivity index (χ1) is 54.3. The van der Waals surface area contributed by atoms with Gasteiger partial charge >= 0.3 is 35.8 Å². The molecule has 0 saturated heterocycles. The first-order valence-electron chi connectivity index (χ1n) is 39.0. The second-order valence-electron chi connectivity index (χ2n) is 26.1. The normalized spacial score (nSPS) is 12.2. The third kappa shape index (κ3) is 76.6. The molecule has 0 aliphatic carbocycles. The van der Waals surface area contributed by atoms with E-state index in [-0.39, 0.29) is 116 Å². The molecule has 2 atom stereocenters. The molecule has 112 heavy (non-hydrogen) atoms. The van der Waals surface area contributed by atoms with Gasteiger partial charge in [-0.15, -0.1) is 0 Å². The van der Waals surface area contributed by atoms with E-state index in [1.807, 2.05) is 0 Å². The lowest BCUT2D eigenvalue weighted by atomic mass is 9.88. The van der Waals surface area contributed by atoms with E-state index in [9.17, 15) is 38.4 Å². The van der Waals surface area contributed by atoms with Crippen LogP contribution in [0.2, 0.25) is 0 Å². The molecule has 0 N–H and O–H groups in total. The van der Waals surface area contributed by atoms with Gasteiger partial charge in [0.15, 0.2) is 11.8 Å². The molecule has 0 saturated carbocycles. The summed E-state index contributed by atoms with van der Waals surface area (Å²) in [5, 5.41) is 0. The van der Waals surface area contributed by atoms with Crippen molar-refractivity contribution in [3.8, 4) is 0 Å². The Hall–Kier alpha value is -4.72. The van der Waals surface area contributed by atoms with Crippen LogP contribution in [-0.4, -0.2) is 378 Å². The minimum atomic E-state index is -1.12. The van der Waals surface area contributed by atoms with Crippen LogP contribution in [0.15, 0.2) is 0 Å². The molecule has 0 radical (unpaired) electrons. The van der Waals surface area contributed by atoms with Crippen LogP contribution >= 0.6 is 0 Å². The van der Waals surface area contributed by atoms with Gasteiger partial charge in [-0.1, -0.05) is 41.5 Å². The van der Waals surface area contributed by atoms with E-state index >= 15 is 0 Å². The summed E-state index contributed by atoms with van der Waals surface area (Å²) in [7, 11) is 0. The molecule has 658 valence electrons. The van der Waals surface area contributed by atoms with Gasteiger partial charge in [0, 0.05) is 36.5 Å². The first-order valence-corrected chi connectivity index (χ1v) is 39.0. The van der Waals surface area contributed by atoms with Gasteiger partial charge in [0.25, 0.3) is 0 Å². The van der Waals surface area contributed by atoms with Crippen LogP contribution in [0.1, 0.15) is 93.9 Å². The second-order valence-corrected chi connectivity index (χ2v) is 26.1. The Labute approximate surface area is 663 Å². The second kappa shape index (κ2) is 80.1. The summed E-state index contributed by atoms with van der Waals surface area (Å²) in [6.07, 6.45) is 0.699. The topological polar surface area (TPSA) is 395 Å². The Morgan fingerprint density at radius 2 is 0.304 bits per heavy atom. The predicted molar refractivity (Wildman–Crippen MR) is 399 cm³/mol. The molecular formula is C76H138O36. The molecule has 0 heterocycles. The molecule has 0 bridgehead atoms. The van der Waals surface area contributed by atoms with Crippen molar-refractivity contribution in [1.82, 2.24) is 0 Å². The van der Waals surface area contributed by atoms with Crippen molar-refractivity contribution in [2.24, 2.45) is 22.7 Å². The summed E-state index contributed by atoms with van der Waals surface area (Å²) in [5.74, 6) is -6.27. The number of carbonyl (C=O) groups is 8. The van der Waals surface area contributed by atoms with E-state index in [0.717, 1.165) is 0 Å². The zero-order chi connectivity index (χ0) is 82.2. The molecule has 0 rings (SSSR count). The number of ketones is 2. The molecule has 0 fully saturated rings. The van der Waals surface area contributed by atoms with Gasteiger partial charge in [-0.25, -0.2) is 0 Å². The van der Waals surface area contributed by atoms with Crippen LogP contribution in [-0.2, 0) is 171 Å². The maximum Gasteiger partial charge on any atom is 0.320 e. The first kappa shape index (κ1) is 107. The van der Waals surface area contributed by atoms with Crippen molar-refractivity contribution in [2.75, 3.05) is 330 Å². The van der Waals surface area contributed by atoms with Crippen molar-refractivity contribution in [3.63, 3.8) is 0 Å². The molecule has 0 aromatic carbocycles. The lowest BCUT2D eigenvalue weighted by Crippen LogP contribution is -2.27. The summed E-state index contributed by atoms with van der Waals surface area (Å²) in [5.41, 5.74) is -1.03. The minimum Gasteiger partial charge on any atom is -0.466 e. The van der Waals surface area contributed by atoms with E-state index in [2.05, 4.69) is 0 Å². The van der Waals surface area contributed by atoms with Crippen molar-refractivity contribution < 1.29 is 171 Å². The van der Waals surface area contributed by atoms with Crippen molar-refractivity contribution in [2.45, 2.75) is 93.9 Å². The van der Waals surface area contributed by atoms with Gasteiger partial charge in [0.05, 0.1) is 330 Å². The van der Waals surface area contributed by atoms with E-state index in [0.29, 0.717) is 264 Å². The number of Topliss-reactive ketones (excluding diaryl/α,β-unsaturated/α-hetero) is 2. The zero-order valence-electron chi connectivity index (χ0n) is 68.4. The summed E-state index contributed by atoms with van der Waals surface area (Å²) >= 11 is 0. The maximum atomic E-state index is 12.2. The highest BCUT2D eigenvalue weighted by Crippen LogP contribution is 2.19. The van der Waals surface area contributed by atoms with E-state index in [1.54, 1.807) is 41.5 Å². The lowest BCUT2D eigenvalue weighted by molar-refractivity contribution is -0.164. The predicted octanol–water partition coefficient (Wildman–Crippen LogP) is 3.45. The molecule has 36 heteroatoms. The summed E-state index contributed by atoms with van der Waals surface area (Å²) in [6, 6.07) is 0. The molecular weight excluding hydrogens is 1490 g/mol. The number of rotatable bonds is 87. The van der Waals surface area contributed by atoms with Gasteiger partial charge in [-0.3, -0.25) is 38.4 Å². The van der Waals surface area contributed by atoms with E-state index < -0.39 is 58.5 Å². The number of esters is 6. The quantitative estimate of drug-likeness (QED) is 0.0364. The number of hydrogen-bond acceptors (Lipinski definition) is 36. The highest BCUT2D eigenvalue weighted by Gasteiger charge is 2.27. The summed E-state index contributed by atoms with van der Waals surface area (Å²) in [4.78, 5) is 96.1. The van der Waals surface area contributed by atoms with Crippen molar-refractivity contribution in [1.29, 1.82) is 0 Å². The standard InChI is InChI=1S/C76H138O36/c1-65(71(81)109-17-9-15-107-69(79)13-11-67(77)75(3,4)5)73(83)111-63-61-105-59-57-103-55-53-101-51-49-99-47-45-97-43-41-95-39-37-93-35-33-91-31-29-89-27-25-87-23-21-85-19-20-86-22-24-88-26-28-90-30-32-92-34-36-94-38-40-96-42-44-98-46-48-100-50-52-102-54-56-104-58-60-106-62-64-112-74(84)66(2)72(82)110-18-10-16-108-70(80)14-12-68(78)76(6,7)8/h65-66H,9-64H2,1-8H3. The number of carbonyl (C=O) groups excluding carboxylic acids is 8. The Morgan fingerprint density at radius 1 is 0.179 bits per heavy atom. The van der Waals surface area contributed by atoms with Gasteiger partial charge in [0.1, 0.15) is 24.8 Å². The zero-order valence-corrected chi connectivity index (χ0v) is 68.4. The Balaban J connectivity index is 3.26. The summed E-state index contributed by atoms with van der Waals surface area (Å²) in [6.45, 7) is 31.6. The Bertz CT molecular complexity index is 2070. The van der Waals surface area contributed by atoms with Gasteiger partial charge < -0.3 is 133 Å². The monoisotopic (exact) mass is 1630 g/mol. The van der Waals surface area contributed by atoms with Crippen molar-refractivity contribution in [3.05, 3.63) is 0 Å². The van der Waals surface area contributed by atoms with Gasteiger partial charge in [0.2, 0.25) is 0 Å². The fraction of sp³-hybridized carbons (Fsp3) is 0.895. The average Bonchev–Trinajstić information content (AvgIpc) is 0.929. The maximum absolute atomic E-state index is 12.2. The molecule has 36 nitrogen and oxygen atoms in total. The third-order valence-electron chi connectivity index (χ3n) is 14.5. The van der Waals surface area contributed by atoms with Crippen LogP contribution in [0.3, 0.4) is 0 Å². The highest BCUT2D eigenvalue weighted by atomic mass is 16.6. The SMILES string of the molecule is CC(C(=O)OCCCOC(=O)CCC(=O)C(C)(C)C)C(=O)OCCOCCOCCOCCOCCOCCOCCOCCOCCOCCOCCOCCOCCOCCOCCOCCOCCOCCOCCOCCOCCOCCOCCOC(=O)C(C)C(=O)OCCCOC(=O)CCC(=O)C(C)(C)C. The minimum absolute atomic E-state index is 0.00819. The number of hydrogen-bond donors (Lipinski definition) is 0. The molecule has 0 spiro atoms. The van der Waals surface area contributed by atoms with E-state index in [4.69, 9.17) is 133 Å². The van der Waals surface area contributed by atoms with E-state index in [1.165, 1.54) is 13.8 Å². The number of ether oxygens (including phenoxy) is 28. The van der Waals surface area contributed by atoms with Crippen LogP contribution in [0.5, 0.6) is 0 Å². The fourth-order valence-electron chi connectivity index (χ4n) is 7.98. The molecule has 0 amide bonds. The molecule has 0 aromatic heterocycles. The van der Waals surface area contributed by atoms with Gasteiger partial charge in [-0.05, 0) is 13.8 Å². The van der Waals surface area contributed by atoms with Crippen LogP contribution in [0.25, 0.3) is 0 Å². The average molecular weight is 1630 g/mol. The van der Waals surface area contributed by atoms with Crippen molar-refractivity contribution >= 4 is 47.4 Å². The highest BCUT2D eigenvalue weighted by molar-refractivity contribution is 5.95. The smallest absolute Gasteiger partial charge is 0.320 e. The van der Waals surface area contributed by atoms with Crippen LogP contribution in [0, 0.1) is 22.7 Å². The molecule has 0 aromatic rings. The molecule has 0 aliphatic rings. The Morgan fingerprint density at radius 3 is 0.446 bits per heavy atom. The third-order valence-corrected chi connectivity index (χ3v) is 14.5. The largest absolute Gasteiger partial charge is 0.466 e. The molecule has 2 unspecified atom stereocenters. The fourth-order valence-corrected chi connectivity index (χ4v) is 7.98. The lowest BCUT2D eigenvalue weighted by Gasteiger charge is -2.15. The summed E-state index contributed by atoms with van der Waals surface area (Å²) < 4.78 is 151.